The quantitative estimate of drug-likeness (QED) is 0.860. The Kier molecular flexibility index (Phi) is 4.04. The van der Waals surface area contributed by atoms with Crippen molar-refractivity contribution in [1.82, 2.24) is 4.90 Å². The van der Waals surface area contributed by atoms with Crippen LogP contribution < -0.4 is 10.6 Å². The molecule has 5 nitrogen and oxygen atoms in total. The normalized spacial score (nSPS) is 19.6. The minimum atomic E-state index is -0.451. The second kappa shape index (κ2) is 5.73. The number of hydrogen-bond acceptors (Lipinski definition) is 4. The Morgan fingerprint density at radius 1 is 1.33 bits per heavy atom. The van der Waals surface area contributed by atoms with Gasteiger partial charge in [-0.3, -0.25) is 5.32 Å². The summed E-state index contributed by atoms with van der Waals surface area (Å²) >= 11 is 0. The van der Waals surface area contributed by atoms with Crippen LogP contribution in [0, 0.1) is 0 Å². The van der Waals surface area contributed by atoms with Crippen LogP contribution in [0.5, 0.6) is 0 Å². The predicted molar refractivity (Wildman–Crippen MR) is 72.0 cm³/mol. The van der Waals surface area contributed by atoms with Gasteiger partial charge >= 0.3 is 6.09 Å². The lowest BCUT2D eigenvalue weighted by Gasteiger charge is -2.14. The zero-order chi connectivity index (χ0) is 13.0. The topological polar surface area (TPSA) is 53.6 Å². The number of methoxy groups -OCH3 is 1. The molecule has 1 aliphatic heterocycles. The van der Waals surface area contributed by atoms with E-state index in [-0.39, 0.29) is 0 Å². The number of carbonyl (C=O) groups is 1. The van der Waals surface area contributed by atoms with E-state index in [1.165, 1.54) is 13.5 Å². The average molecular weight is 249 g/mol. The van der Waals surface area contributed by atoms with Gasteiger partial charge in [0.15, 0.2) is 0 Å². The molecule has 1 aromatic carbocycles. The fraction of sp³-hybridized carbons (Fsp3) is 0.462. The van der Waals surface area contributed by atoms with Crippen LogP contribution in [-0.2, 0) is 4.74 Å². The lowest BCUT2D eigenvalue weighted by atomic mass is 10.2. The van der Waals surface area contributed by atoms with E-state index in [4.69, 9.17) is 0 Å². The van der Waals surface area contributed by atoms with Gasteiger partial charge in [-0.2, -0.15) is 0 Å². The van der Waals surface area contributed by atoms with Crippen molar-refractivity contribution in [1.29, 1.82) is 0 Å². The van der Waals surface area contributed by atoms with Gasteiger partial charge in [0.2, 0.25) is 0 Å². The molecular weight excluding hydrogens is 230 g/mol. The highest BCUT2D eigenvalue weighted by Crippen LogP contribution is 2.17. The minimum Gasteiger partial charge on any atom is -0.453 e. The van der Waals surface area contributed by atoms with Crippen molar-refractivity contribution in [3.63, 3.8) is 0 Å². The number of ether oxygens (including phenoxy) is 1. The first-order valence-electron chi connectivity index (χ1n) is 6.07. The second-order valence-corrected chi connectivity index (χ2v) is 4.59. The van der Waals surface area contributed by atoms with Gasteiger partial charge in [0, 0.05) is 24.0 Å². The van der Waals surface area contributed by atoms with Gasteiger partial charge in [0.05, 0.1) is 7.11 Å². The third-order valence-corrected chi connectivity index (χ3v) is 3.08. The number of likely N-dealkylation sites (tertiary alicyclic amines) is 1. The van der Waals surface area contributed by atoms with Gasteiger partial charge < -0.3 is 15.0 Å². The van der Waals surface area contributed by atoms with E-state index >= 15 is 0 Å². The number of amides is 1. The molecule has 18 heavy (non-hydrogen) atoms. The van der Waals surface area contributed by atoms with Crippen LogP contribution in [0.4, 0.5) is 16.2 Å². The third kappa shape index (κ3) is 3.37. The molecule has 0 bridgehead atoms. The van der Waals surface area contributed by atoms with E-state index in [1.807, 2.05) is 24.3 Å². The van der Waals surface area contributed by atoms with E-state index in [0.29, 0.717) is 6.04 Å². The molecule has 0 saturated carbocycles. The Balaban J connectivity index is 1.89. The van der Waals surface area contributed by atoms with Gasteiger partial charge in [0.25, 0.3) is 0 Å². The summed E-state index contributed by atoms with van der Waals surface area (Å²) in [4.78, 5) is 13.3. The minimum absolute atomic E-state index is 0.451. The number of likely N-dealkylation sites (N-methyl/N-ethyl adjacent to an activating group) is 1. The number of nitrogens with one attached hydrogen (secondary N) is 2. The maximum atomic E-state index is 11.0. The highest BCUT2D eigenvalue weighted by atomic mass is 16.5. The molecule has 1 saturated heterocycles. The summed E-state index contributed by atoms with van der Waals surface area (Å²) in [5.74, 6) is 0. The molecule has 2 N–H and O–H groups in total. The molecule has 1 aliphatic rings. The van der Waals surface area contributed by atoms with Crippen LogP contribution >= 0.6 is 0 Å². The van der Waals surface area contributed by atoms with Crippen LogP contribution in [0.1, 0.15) is 6.42 Å². The molecule has 1 amide bonds. The van der Waals surface area contributed by atoms with Crippen molar-refractivity contribution in [2.75, 3.05) is 37.9 Å². The molecule has 1 aromatic rings. The van der Waals surface area contributed by atoms with Gasteiger partial charge in [-0.1, -0.05) is 0 Å². The van der Waals surface area contributed by atoms with Crippen molar-refractivity contribution in [3.05, 3.63) is 24.3 Å². The molecule has 98 valence electrons. The molecule has 5 heteroatoms. The maximum Gasteiger partial charge on any atom is 0.411 e. The zero-order valence-corrected chi connectivity index (χ0v) is 10.8. The monoisotopic (exact) mass is 249 g/mol. The summed E-state index contributed by atoms with van der Waals surface area (Å²) in [5.41, 5.74) is 1.81. The molecule has 0 radical (unpaired) electrons. The molecule has 1 heterocycles. The molecular formula is C13H19N3O2. The molecule has 1 fully saturated rings. The SMILES string of the molecule is COC(=O)Nc1ccc(NC2CCN(C)C2)cc1. The van der Waals surface area contributed by atoms with Crippen LogP contribution in [0.3, 0.4) is 0 Å². The highest BCUT2D eigenvalue weighted by molar-refractivity contribution is 5.84. The van der Waals surface area contributed by atoms with Crippen molar-refractivity contribution in [3.8, 4) is 0 Å². The number of nitrogens with zero attached hydrogens (tertiary/aromatic N) is 1. The number of carbonyl (C=O) groups excluding carboxylic acids is 1. The Bertz CT molecular complexity index is 405. The second-order valence-electron chi connectivity index (χ2n) is 4.59. The summed E-state index contributed by atoms with van der Waals surface area (Å²) < 4.78 is 4.53. The number of rotatable bonds is 3. The van der Waals surface area contributed by atoms with Gasteiger partial charge in [-0.05, 0) is 44.3 Å². The number of benzene rings is 1. The van der Waals surface area contributed by atoms with Gasteiger partial charge in [-0.15, -0.1) is 0 Å². The summed E-state index contributed by atoms with van der Waals surface area (Å²) in [5, 5.41) is 6.10. The van der Waals surface area contributed by atoms with E-state index in [9.17, 15) is 4.79 Å². The molecule has 1 atom stereocenters. The molecule has 0 spiro atoms. The number of anilines is 2. The smallest absolute Gasteiger partial charge is 0.411 e. The largest absolute Gasteiger partial charge is 0.453 e. The highest BCUT2D eigenvalue weighted by Gasteiger charge is 2.18. The summed E-state index contributed by atoms with van der Waals surface area (Å²) in [6.45, 7) is 2.21. The van der Waals surface area contributed by atoms with E-state index in [2.05, 4.69) is 27.3 Å². The molecule has 0 aliphatic carbocycles. The van der Waals surface area contributed by atoms with Crippen LogP contribution in [0.15, 0.2) is 24.3 Å². The van der Waals surface area contributed by atoms with Crippen LogP contribution in [-0.4, -0.2) is 44.3 Å². The predicted octanol–water partition coefficient (Wildman–Crippen LogP) is 1.98. The molecule has 0 aromatic heterocycles. The first-order valence-corrected chi connectivity index (χ1v) is 6.07. The van der Waals surface area contributed by atoms with Crippen LogP contribution in [0.25, 0.3) is 0 Å². The van der Waals surface area contributed by atoms with Gasteiger partial charge in [-0.25, -0.2) is 4.79 Å². The Hall–Kier alpha value is -1.75. The fourth-order valence-electron chi connectivity index (χ4n) is 2.11. The maximum absolute atomic E-state index is 11.0. The van der Waals surface area contributed by atoms with E-state index < -0.39 is 6.09 Å². The van der Waals surface area contributed by atoms with Gasteiger partial charge in [0.1, 0.15) is 0 Å². The zero-order valence-electron chi connectivity index (χ0n) is 10.8. The first-order chi connectivity index (χ1) is 8.67. The fourth-order valence-corrected chi connectivity index (χ4v) is 2.11. The summed E-state index contributed by atoms with van der Waals surface area (Å²) in [6.07, 6.45) is 0.715. The third-order valence-electron chi connectivity index (χ3n) is 3.08. The number of hydrogen-bond donors (Lipinski definition) is 2. The summed E-state index contributed by atoms with van der Waals surface area (Å²) in [6, 6.07) is 8.15. The van der Waals surface area contributed by atoms with Crippen LogP contribution in [0.2, 0.25) is 0 Å². The average Bonchev–Trinajstić information content (AvgIpc) is 2.77. The molecule has 1 unspecified atom stereocenters. The lowest BCUT2D eigenvalue weighted by Crippen LogP contribution is -2.23. The lowest BCUT2D eigenvalue weighted by molar-refractivity contribution is 0.187. The Morgan fingerprint density at radius 2 is 2.00 bits per heavy atom. The molecule has 2 rings (SSSR count). The van der Waals surface area contributed by atoms with Crippen molar-refractivity contribution in [2.45, 2.75) is 12.5 Å². The summed E-state index contributed by atoms with van der Waals surface area (Å²) in [7, 11) is 3.48. The van der Waals surface area contributed by atoms with E-state index in [1.54, 1.807) is 0 Å². The first kappa shape index (κ1) is 12.7. The van der Waals surface area contributed by atoms with Crippen molar-refractivity contribution >= 4 is 17.5 Å². The van der Waals surface area contributed by atoms with E-state index in [0.717, 1.165) is 24.5 Å². The van der Waals surface area contributed by atoms with Crippen molar-refractivity contribution < 1.29 is 9.53 Å². The Morgan fingerprint density at radius 3 is 2.56 bits per heavy atom. The standard InChI is InChI=1S/C13H19N3O2/c1-16-8-7-12(9-16)14-10-3-5-11(6-4-10)15-13(17)18-2/h3-6,12,14H,7-9H2,1-2H3,(H,15,17). The van der Waals surface area contributed by atoms with Crippen molar-refractivity contribution in [2.24, 2.45) is 0 Å². The Labute approximate surface area is 107 Å².